The molecule has 1 unspecified atom stereocenters. The molecule has 1 aliphatic carbocycles. The van der Waals surface area contributed by atoms with Crippen LogP contribution in [0.5, 0.6) is 0 Å². The maximum atomic E-state index is 12.6. The Morgan fingerprint density at radius 1 is 1.14 bits per heavy atom. The van der Waals surface area contributed by atoms with E-state index in [0.717, 1.165) is 36.0 Å². The van der Waals surface area contributed by atoms with Gasteiger partial charge >= 0.3 is 0 Å². The molecule has 5 nitrogen and oxygen atoms in total. The molecule has 0 radical (unpaired) electrons. The van der Waals surface area contributed by atoms with Crippen molar-refractivity contribution in [3.05, 3.63) is 59.7 Å². The first kappa shape index (κ1) is 18.2. The lowest BCUT2D eigenvalue weighted by atomic mass is 9.54. The number of guanidine groups is 1. The minimum Gasteiger partial charge on any atom is -0.346 e. The maximum absolute atomic E-state index is 12.6. The summed E-state index contributed by atoms with van der Waals surface area (Å²) < 4.78 is 0. The van der Waals surface area contributed by atoms with E-state index >= 15 is 0 Å². The van der Waals surface area contributed by atoms with Crippen molar-refractivity contribution in [2.75, 3.05) is 7.05 Å². The zero-order valence-corrected chi connectivity index (χ0v) is 16.2. The molecule has 1 heterocycles. The van der Waals surface area contributed by atoms with E-state index in [4.69, 9.17) is 5.41 Å². The third-order valence-corrected chi connectivity index (χ3v) is 6.70. The van der Waals surface area contributed by atoms with Gasteiger partial charge in [-0.2, -0.15) is 5.26 Å². The molecule has 4 rings (SSSR count). The molecule has 2 fully saturated rings. The Balaban J connectivity index is 1.81. The molecule has 2 aromatic carbocycles. The van der Waals surface area contributed by atoms with Crippen LogP contribution in [0.4, 0.5) is 0 Å². The monoisotopic (exact) mass is 372 g/mol. The van der Waals surface area contributed by atoms with Crippen molar-refractivity contribution >= 4 is 11.9 Å². The van der Waals surface area contributed by atoms with Crippen molar-refractivity contribution in [3.8, 4) is 17.2 Å². The van der Waals surface area contributed by atoms with Crippen LogP contribution in [0.1, 0.15) is 43.7 Å². The van der Waals surface area contributed by atoms with Gasteiger partial charge in [-0.1, -0.05) is 36.8 Å². The second kappa shape index (κ2) is 6.49. The third-order valence-electron chi connectivity index (χ3n) is 6.70. The highest BCUT2D eigenvalue weighted by Crippen LogP contribution is 2.57. The molecule has 1 saturated carbocycles. The van der Waals surface area contributed by atoms with E-state index in [9.17, 15) is 10.1 Å². The summed E-state index contributed by atoms with van der Waals surface area (Å²) in [5.74, 6) is 0.145. The lowest BCUT2D eigenvalue weighted by molar-refractivity contribution is -0.131. The number of rotatable bonds is 2. The van der Waals surface area contributed by atoms with E-state index in [0.29, 0.717) is 12.0 Å². The third kappa shape index (κ3) is 2.68. The number of hydrogen-bond donors (Lipinski definition) is 2. The molecular formula is C23H24N4O. The molecule has 5 heteroatoms. The Hall–Kier alpha value is -3.13. The van der Waals surface area contributed by atoms with Crippen molar-refractivity contribution in [1.29, 1.82) is 10.7 Å². The molecule has 1 amide bonds. The van der Waals surface area contributed by atoms with Crippen LogP contribution >= 0.6 is 0 Å². The summed E-state index contributed by atoms with van der Waals surface area (Å²) in [5.41, 5.74) is 3.03. The minimum absolute atomic E-state index is 0.00111. The van der Waals surface area contributed by atoms with Crippen LogP contribution in [0.15, 0.2) is 48.5 Å². The first-order valence-electron chi connectivity index (χ1n) is 9.63. The van der Waals surface area contributed by atoms with Crippen LogP contribution in [0.2, 0.25) is 0 Å². The topological polar surface area (TPSA) is 80.0 Å². The van der Waals surface area contributed by atoms with E-state index in [1.54, 1.807) is 13.1 Å². The Morgan fingerprint density at radius 3 is 2.46 bits per heavy atom. The first-order chi connectivity index (χ1) is 13.4. The number of carbonyl (C=O) groups excluding carboxylic acids is 1. The van der Waals surface area contributed by atoms with E-state index in [-0.39, 0.29) is 17.3 Å². The highest BCUT2D eigenvalue weighted by atomic mass is 16.2. The number of nitriles is 1. The van der Waals surface area contributed by atoms with Crippen LogP contribution in [-0.4, -0.2) is 23.8 Å². The molecule has 2 N–H and O–H groups in total. The van der Waals surface area contributed by atoms with Gasteiger partial charge in [0.15, 0.2) is 5.96 Å². The highest BCUT2D eigenvalue weighted by Gasteiger charge is 2.56. The number of carbonyl (C=O) groups is 1. The summed E-state index contributed by atoms with van der Waals surface area (Å²) in [7, 11) is 1.67. The summed E-state index contributed by atoms with van der Waals surface area (Å²) in [6.07, 6.45) is 3.49. The van der Waals surface area contributed by atoms with Crippen LogP contribution in [0.25, 0.3) is 11.1 Å². The van der Waals surface area contributed by atoms with Gasteiger partial charge in [-0.15, -0.1) is 0 Å². The predicted molar refractivity (Wildman–Crippen MR) is 108 cm³/mol. The van der Waals surface area contributed by atoms with Gasteiger partial charge in [0.25, 0.3) is 0 Å². The lowest BCUT2D eigenvalue weighted by Crippen LogP contribution is -2.57. The molecule has 1 aliphatic heterocycles. The SMILES string of the molecule is CN1C(=N)NC(C)(c2cccc(-c3cccc(C#N)c3)c2)C2(CCC2)CC1=O. The average Bonchev–Trinajstić information content (AvgIpc) is 2.76. The van der Waals surface area contributed by atoms with Gasteiger partial charge < -0.3 is 5.32 Å². The van der Waals surface area contributed by atoms with Gasteiger partial charge in [-0.3, -0.25) is 15.1 Å². The van der Waals surface area contributed by atoms with Gasteiger partial charge in [-0.05, 0) is 54.7 Å². The zero-order chi connectivity index (χ0) is 19.9. The fraction of sp³-hybridized carbons (Fsp3) is 0.348. The van der Waals surface area contributed by atoms with E-state index in [2.05, 4.69) is 30.4 Å². The largest absolute Gasteiger partial charge is 0.346 e. The van der Waals surface area contributed by atoms with Crippen molar-refractivity contribution in [2.24, 2.45) is 5.41 Å². The summed E-state index contributed by atoms with van der Waals surface area (Å²) in [4.78, 5) is 14.0. The molecule has 2 aliphatic rings. The molecular weight excluding hydrogens is 348 g/mol. The standard InChI is InChI=1S/C23H24N4O/c1-22(23(10-5-11-23)14-20(28)27(2)21(25)26-22)19-9-4-8-18(13-19)17-7-3-6-16(12-17)15-24/h3-4,6-9,12-13H,5,10-11,14H2,1-2H3,(H2,25,26). The van der Waals surface area contributed by atoms with E-state index in [1.165, 1.54) is 4.90 Å². The Labute approximate surface area is 165 Å². The maximum Gasteiger partial charge on any atom is 0.229 e. The number of nitrogens with one attached hydrogen (secondary N) is 2. The normalized spacial score (nSPS) is 23.5. The lowest BCUT2D eigenvalue weighted by Gasteiger charge is -2.53. The fourth-order valence-corrected chi connectivity index (χ4v) is 4.60. The molecule has 1 saturated heterocycles. The van der Waals surface area contributed by atoms with Crippen LogP contribution < -0.4 is 5.32 Å². The molecule has 2 aromatic rings. The molecule has 1 atom stereocenters. The number of hydrogen-bond acceptors (Lipinski definition) is 3. The fourth-order valence-electron chi connectivity index (χ4n) is 4.60. The van der Waals surface area contributed by atoms with Crippen molar-refractivity contribution in [3.63, 3.8) is 0 Å². The van der Waals surface area contributed by atoms with Gasteiger partial charge in [0.05, 0.1) is 17.2 Å². The van der Waals surface area contributed by atoms with E-state index < -0.39 is 5.54 Å². The summed E-state index contributed by atoms with van der Waals surface area (Å²) in [6.45, 7) is 2.12. The number of benzene rings is 2. The quantitative estimate of drug-likeness (QED) is 0.836. The average molecular weight is 372 g/mol. The van der Waals surface area contributed by atoms with Crippen LogP contribution in [0, 0.1) is 22.2 Å². The molecule has 28 heavy (non-hydrogen) atoms. The first-order valence-corrected chi connectivity index (χ1v) is 9.63. The summed E-state index contributed by atoms with van der Waals surface area (Å²) >= 11 is 0. The van der Waals surface area contributed by atoms with Crippen molar-refractivity contribution in [2.45, 2.75) is 38.1 Å². The Kier molecular flexibility index (Phi) is 4.23. The second-order valence-electron chi connectivity index (χ2n) is 8.14. The molecule has 142 valence electrons. The summed E-state index contributed by atoms with van der Waals surface area (Å²) in [6, 6.07) is 18.0. The van der Waals surface area contributed by atoms with Gasteiger partial charge in [0, 0.05) is 18.9 Å². The van der Waals surface area contributed by atoms with Crippen LogP contribution in [0.3, 0.4) is 0 Å². The Morgan fingerprint density at radius 2 is 1.82 bits per heavy atom. The summed E-state index contributed by atoms with van der Waals surface area (Å²) in [5, 5.41) is 21.0. The van der Waals surface area contributed by atoms with Crippen LogP contribution in [-0.2, 0) is 10.3 Å². The number of nitrogens with zero attached hydrogens (tertiary/aromatic N) is 2. The molecule has 1 spiro atoms. The highest BCUT2D eigenvalue weighted by molar-refractivity contribution is 5.97. The Bertz CT molecular complexity index is 1000. The smallest absolute Gasteiger partial charge is 0.229 e. The zero-order valence-electron chi connectivity index (χ0n) is 16.2. The van der Waals surface area contributed by atoms with Gasteiger partial charge in [0.2, 0.25) is 5.91 Å². The molecule has 0 bridgehead atoms. The molecule has 0 aromatic heterocycles. The second-order valence-corrected chi connectivity index (χ2v) is 8.14. The van der Waals surface area contributed by atoms with Gasteiger partial charge in [0.1, 0.15) is 0 Å². The minimum atomic E-state index is -0.508. The number of amides is 1. The van der Waals surface area contributed by atoms with E-state index in [1.807, 2.05) is 30.3 Å². The predicted octanol–water partition coefficient (Wildman–Crippen LogP) is 4.00. The van der Waals surface area contributed by atoms with Crippen molar-refractivity contribution < 1.29 is 4.79 Å². The van der Waals surface area contributed by atoms with Crippen molar-refractivity contribution in [1.82, 2.24) is 10.2 Å². The van der Waals surface area contributed by atoms with Gasteiger partial charge in [-0.25, -0.2) is 0 Å².